The molecule has 1 aliphatic heterocycles. The van der Waals surface area contributed by atoms with Gasteiger partial charge < -0.3 is 15.1 Å². The van der Waals surface area contributed by atoms with Crippen molar-refractivity contribution in [1.29, 1.82) is 0 Å². The van der Waals surface area contributed by atoms with Gasteiger partial charge in [-0.05, 0) is 13.6 Å². The molecule has 1 N–H and O–H groups in total. The maximum Gasteiger partial charge on any atom is 0.131 e. The Morgan fingerprint density at radius 3 is 2.55 bits per heavy atom. The van der Waals surface area contributed by atoms with Gasteiger partial charge >= 0.3 is 0 Å². The molecule has 0 atom stereocenters. The second-order valence-corrected chi connectivity index (χ2v) is 5.79. The lowest BCUT2D eigenvalue weighted by Gasteiger charge is -2.34. The fraction of sp³-hybridized carbons (Fsp3) is 0.733. The molecule has 1 aromatic rings. The molecule has 1 saturated heterocycles. The molecule has 0 unspecified atom stereocenters. The summed E-state index contributed by atoms with van der Waals surface area (Å²) in [5.74, 6) is 1.31. The Hall–Kier alpha value is -1.20. The van der Waals surface area contributed by atoms with Crippen LogP contribution in [0, 0.1) is 0 Å². The molecular formula is C15H27N5. The fourth-order valence-corrected chi connectivity index (χ4v) is 2.39. The van der Waals surface area contributed by atoms with Crippen LogP contribution in [0.5, 0.6) is 0 Å². The van der Waals surface area contributed by atoms with E-state index < -0.39 is 0 Å². The van der Waals surface area contributed by atoms with Crippen molar-refractivity contribution >= 4 is 5.69 Å². The molecule has 112 valence electrons. The van der Waals surface area contributed by atoms with Crippen LogP contribution in [-0.2, 0) is 6.54 Å². The van der Waals surface area contributed by atoms with Crippen LogP contribution >= 0.6 is 0 Å². The van der Waals surface area contributed by atoms with E-state index in [1.807, 2.05) is 6.20 Å². The average Bonchev–Trinajstić information content (AvgIpc) is 2.45. The van der Waals surface area contributed by atoms with Crippen molar-refractivity contribution in [2.24, 2.45) is 0 Å². The molecule has 0 aromatic carbocycles. The van der Waals surface area contributed by atoms with E-state index in [1.165, 1.54) is 5.69 Å². The van der Waals surface area contributed by atoms with Gasteiger partial charge in [0.05, 0.1) is 17.6 Å². The summed E-state index contributed by atoms with van der Waals surface area (Å²) < 4.78 is 0. The molecule has 0 radical (unpaired) electrons. The highest BCUT2D eigenvalue weighted by atomic mass is 15.3. The van der Waals surface area contributed by atoms with Gasteiger partial charge in [-0.15, -0.1) is 0 Å². The Morgan fingerprint density at radius 2 is 1.95 bits per heavy atom. The molecule has 5 nitrogen and oxygen atoms in total. The van der Waals surface area contributed by atoms with E-state index >= 15 is 0 Å². The summed E-state index contributed by atoms with van der Waals surface area (Å²) in [5, 5.41) is 3.39. The molecule has 2 heterocycles. The topological polar surface area (TPSA) is 44.3 Å². The highest BCUT2D eigenvalue weighted by Gasteiger charge is 2.19. The third-order valence-corrected chi connectivity index (χ3v) is 3.77. The quantitative estimate of drug-likeness (QED) is 0.883. The molecule has 2 rings (SSSR count). The van der Waals surface area contributed by atoms with E-state index in [4.69, 9.17) is 4.98 Å². The number of piperazine rings is 1. The molecule has 0 spiro atoms. The Labute approximate surface area is 122 Å². The highest BCUT2D eigenvalue weighted by molar-refractivity contribution is 5.49. The normalized spacial score (nSPS) is 16.9. The van der Waals surface area contributed by atoms with Gasteiger partial charge in [0, 0.05) is 38.6 Å². The predicted octanol–water partition coefficient (Wildman–Crippen LogP) is 1.46. The summed E-state index contributed by atoms with van der Waals surface area (Å²) in [6, 6.07) is 0. The second-order valence-electron chi connectivity index (χ2n) is 5.79. The molecule has 0 aliphatic carbocycles. The summed E-state index contributed by atoms with van der Waals surface area (Å²) in [5.41, 5.74) is 2.33. The number of nitrogens with zero attached hydrogens (tertiary/aromatic N) is 4. The van der Waals surface area contributed by atoms with E-state index in [1.54, 1.807) is 0 Å². The van der Waals surface area contributed by atoms with Gasteiger partial charge in [-0.3, -0.25) is 0 Å². The standard InChI is InChI=1S/C15H27N5/c1-5-16-10-13-14(11-17-15(18-13)12(2)3)20-8-6-19(4)7-9-20/h11-12,16H,5-10H2,1-4H3. The van der Waals surface area contributed by atoms with E-state index in [0.29, 0.717) is 5.92 Å². The number of hydrogen-bond donors (Lipinski definition) is 1. The predicted molar refractivity (Wildman–Crippen MR) is 83.2 cm³/mol. The number of nitrogens with one attached hydrogen (secondary N) is 1. The lowest BCUT2D eigenvalue weighted by molar-refractivity contribution is 0.312. The molecule has 1 aromatic heterocycles. The summed E-state index contributed by atoms with van der Waals surface area (Å²) in [6.07, 6.45) is 2.01. The van der Waals surface area contributed by atoms with Crippen molar-refractivity contribution in [2.75, 3.05) is 44.7 Å². The lowest BCUT2D eigenvalue weighted by Crippen LogP contribution is -2.45. The SMILES string of the molecule is CCNCc1nc(C(C)C)ncc1N1CCN(C)CC1. The molecule has 0 bridgehead atoms. The van der Waals surface area contributed by atoms with Gasteiger partial charge in [0.15, 0.2) is 0 Å². The molecule has 1 aliphatic rings. The van der Waals surface area contributed by atoms with Crippen molar-refractivity contribution in [2.45, 2.75) is 33.2 Å². The van der Waals surface area contributed by atoms with Gasteiger partial charge in [0.25, 0.3) is 0 Å². The number of hydrogen-bond acceptors (Lipinski definition) is 5. The maximum absolute atomic E-state index is 4.78. The van der Waals surface area contributed by atoms with Crippen LogP contribution in [0.15, 0.2) is 6.20 Å². The average molecular weight is 277 g/mol. The van der Waals surface area contributed by atoms with Crippen LogP contribution in [0.4, 0.5) is 5.69 Å². The smallest absolute Gasteiger partial charge is 0.131 e. The number of likely N-dealkylation sites (N-methyl/N-ethyl adjacent to an activating group) is 1. The Kier molecular flexibility index (Phi) is 5.31. The minimum Gasteiger partial charge on any atom is -0.366 e. The monoisotopic (exact) mass is 277 g/mol. The van der Waals surface area contributed by atoms with Gasteiger partial charge in [0.2, 0.25) is 0 Å². The van der Waals surface area contributed by atoms with Crippen LogP contribution in [0.25, 0.3) is 0 Å². The zero-order valence-electron chi connectivity index (χ0n) is 13.2. The number of anilines is 1. The largest absolute Gasteiger partial charge is 0.366 e. The van der Waals surface area contributed by atoms with Gasteiger partial charge in [-0.25, -0.2) is 9.97 Å². The van der Waals surface area contributed by atoms with E-state index in [-0.39, 0.29) is 0 Å². The third kappa shape index (κ3) is 3.67. The van der Waals surface area contributed by atoms with Gasteiger partial charge in [0.1, 0.15) is 5.82 Å². The summed E-state index contributed by atoms with van der Waals surface area (Å²) in [6.45, 7) is 12.5. The van der Waals surface area contributed by atoms with Gasteiger partial charge in [-0.1, -0.05) is 20.8 Å². The fourth-order valence-electron chi connectivity index (χ4n) is 2.39. The molecule has 1 fully saturated rings. The minimum atomic E-state index is 0.372. The van der Waals surface area contributed by atoms with Gasteiger partial charge in [-0.2, -0.15) is 0 Å². The molecular weight excluding hydrogens is 250 g/mol. The Morgan fingerprint density at radius 1 is 1.25 bits per heavy atom. The molecule has 0 amide bonds. The molecule has 0 saturated carbocycles. The first-order valence-electron chi connectivity index (χ1n) is 7.61. The van der Waals surface area contributed by atoms with Crippen molar-refractivity contribution in [1.82, 2.24) is 20.2 Å². The zero-order chi connectivity index (χ0) is 14.5. The minimum absolute atomic E-state index is 0.372. The first kappa shape index (κ1) is 15.2. The lowest BCUT2D eigenvalue weighted by atomic mass is 10.2. The first-order chi connectivity index (χ1) is 9.61. The Bertz CT molecular complexity index is 424. The summed E-state index contributed by atoms with van der Waals surface area (Å²) in [4.78, 5) is 14.1. The van der Waals surface area contributed by atoms with E-state index in [9.17, 15) is 0 Å². The van der Waals surface area contributed by atoms with E-state index in [0.717, 1.165) is 50.8 Å². The number of aromatic nitrogens is 2. The van der Waals surface area contributed by atoms with Crippen molar-refractivity contribution in [3.8, 4) is 0 Å². The Balaban J connectivity index is 2.21. The molecule has 20 heavy (non-hydrogen) atoms. The second kappa shape index (κ2) is 6.99. The van der Waals surface area contributed by atoms with Crippen molar-refractivity contribution in [3.05, 3.63) is 17.7 Å². The van der Waals surface area contributed by atoms with Crippen LogP contribution in [0.3, 0.4) is 0 Å². The van der Waals surface area contributed by atoms with Crippen LogP contribution in [0.1, 0.15) is 38.2 Å². The summed E-state index contributed by atoms with van der Waals surface area (Å²) in [7, 11) is 2.18. The van der Waals surface area contributed by atoms with Crippen molar-refractivity contribution in [3.63, 3.8) is 0 Å². The summed E-state index contributed by atoms with van der Waals surface area (Å²) >= 11 is 0. The van der Waals surface area contributed by atoms with Crippen LogP contribution in [0.2, 0.25) is 0 Å². The van der Waals surface area contributed by atoms with E-state index in [2.05, 4.69) is 47.9 Å². The third-order valence-electron chi connectivity index (χ3n) is 3.77. The molecule has 5 heteroatoms. The number of rotatable bonds is 5. The van der Waals surface area contributed by atoms with Crippen LogP contribution in [-0.4, -0.2) is 54.6 Å². The maximum atomic E-state index is 4.78. The van der Waals surface area contributed by atoms with Crippen LogP contribution < -0.4 is 10.2 Å². The van der Waals surface area contributed by atoms with Crippen molar-refractivity contribution < 1.29 is 0 Å². The highest BCUT2D eigenvalue weighted by Crippen LogP contribution is 2.21. The zero-order valence-corrected chi connectivity index (χ0v) is 13.2. The first-order valence-corrected chi connectivity index (χ1v) is 7.61.